The summed E-state index contributed by atoms with van der Waals surface area (Å²) in [5.74, 6) is 1.15. The van der Waals surface area contributed by atoms with E-state index in [1.807, 2.05) is 12.4 Å². The number of hydrogen-bond acceptors (Lipinski definition) is 3. The molecular formula is C15H20N4. The molecule has 0 saturated carbocycles. The van der Waals surface area contributed by atoms with Crippen molar-refractivity contribution in [3.05, 3.63) is 42.5 Å². The first-order chi connectivity index (χ1) is 9.34. The Morgan fingerprint density at radius 3 is 3.05 bits per heavy atom. The van der Waals surface area contributed by atoms with Crippen molar-refractivity contribution in [1.82, 2.24) is 9.55 Å². The number of para-hydroxylation sites is 2. The van der Waals surface area contributed by atoms with Gasteiger partial charge in [0.05, 0.1) is 11.4 Å². The van der Waals surface area contributed by atoms with Gasteiger partial charge in [-0.1, -0.05) is 12.1 Å². The second kappa shape index (κ2) is 5.34. The molecule has 0 fully saturated rings. The lowest BCUT2D eigenvalue weighted by molar-refractivity contribution is 0.711. The van der Waals surface area contributed by atoms with Crippen LogP contribution in [0.5, 0.6) is 0 Å². The first kappa shape index (κ1) is 12.1. The molecule has 0 saturated heterocycles. The molecule has 1 aromatic carbocycles. The standard InChI is InChI=1S/C15H20N4/c1-18-12-9-17-15(18)7-11-19-10-4-8-16-13-5-2-3-6-14(13)19/h2-3,5-6,9,12,16H,4,7-8,10-11H2,1H3. The third-order valence-corrected chi connectivity index (χ3v) is 3.69. The molecule has 0 spiro atoms. The Morgan fingerprint density at radius 1 is 1.32 bits per heavy atom. The predicted molar refractivity (Wildman–Crippen MR) is 78.7 cm³/mol. The Hall–Kier alpha value is -1.97. The van der Waals surface area contributed by atoms with Gasteiger partial charge < -0.3 is 14.8 Å². The number of benzene rings is 1. The summed E-state index contributed by atoms with van der Waals surface area (Å²) in [5.41, 5.74) is 2.56. The Kier molecular flexibility index (Phi) is 3.40. The zero-order chi connectivity index (χ0) is 13.1. The maximum Gasteiger partial charge on any atom is 0.110 e. The zero-order valence-corrected chi connectivity index (χ0v) is 11.3. The van der Waals surface area contributed by atoms with E-state index in [1.165, 1.54) is 17.8 Å². The fourth-order valence-corrected chi connectivity index (χ4v) is 2.62. The number of anilines is 2. The highest BCUT2D eigenvalue weighted by Gasteiger charge is 2.14. The molecular weight excluding hydrogens is 236 g/mol. The van der Waals surface area contributed by atoms with Gasteiger partial charge in [0.15, 0.2) is 0 Å². The number of imidazole rings is 1. The SMILES string of the molecule is Cn1ccnc1CCN1CCCNc2ccccc21. The van der Waals surface area contributed by atoms with E-state index in [0.29, 0.717) is 0 Å². The minimum absolute atomic E-state index is 0.984. The fraction of sp³-hybridized carbons (Fsp3) is 0.400. The summed E-state index contributed by atoms with van der Waals surface area (Å²) >= 11 is 0. The van der Waals surface area contributed by atoms with Crippen molar-refractivity contribution in [1.29, 1.82) is 0 Å². The first-order valence-corrected chi connectivity index (χ1v) is 6.88. The van der Waals surface area contributed by atoms with Crippen LogP contribution in [0.1, 0.15) is 12.2 Å². The van der Waals surface area contributed by atoms with Crippen molar-refractivity contribution in [2.75, 3.05) is 29.9 Å². The normalized spacial score (nSPS) is 14.7. The highest BCUT2D eigenvalue weighted by molar-refractivity contribution is 5.70. The summed E-state index contributed by atoms with van der Waals surface area (Å²) in [6.07, 6.45) is 6.04. The molecule has 1 aliphatic heterocycles. The van der Waals surface area contributed by atoms with Crippen LogP contribution in [0.3, 0.4) is 0 Å². The second-order valence-electron chi connectivity index (χ2n) is 4.99. The van der Waals surface area contributed by atoms with E-state index in [4.69, 9.17) is 0 Å². The molecule has 0 amide bonds. The van der Waals surface area contributed by atoms with Crippen LogP contribution < -0.4 is 10.2 Å². The van der Waals surface area contributed by atoms with E-state index in [-0.39, 0.29) is 0 Å². The third-order valence-electron chi connectivity index (χ3n) is 3.69. The van der Waals surface area contributed by atoms with E-state index in [1.54, 1.807) is 0 Å². The quantitative estimate of drug-likeness (QED) is 0.914. The van der Waals surface area contributed by atoms with Crippen molar-refractivity contribution >= 4 is 11.4 Å². The summed E-state index contributed by atoms with van der Waals surface area (Å²) in [6.45, 7) is 3.17. The predicted octanol–water partition coefficient (Wildman–Crippen LogP) is 2.28. The number of fused-ring (bicyclic) bond motifs is 1. The van der Waals surface area contributed by atoms with Crippen LogP contribution >= 0.6 is 0 Å². The van der Waals surface area contributed by atoms with E-state index >= 15 is 0 Å². The first-order valence-electron chi connectivity index (χ1n) is 6.88. The topological polar surface area (TPSA) is 33.1 Å². The average Bonchev–Trinajstić information content (AvgIpc) is 2.73. The molecule has 3 rings (SSSR count). The summed E-state index contributed by atoms with van der Waals surface area (Å²) in [4.78, 5) is 6.86. The van der Waals surface area contributed by atoms with Gasteiger partial charge in [0.25, 0.3) is 0 Å². The summed E-state index contributed by atoms with van der Waals surface area (Å²) in [5, 5.41) is 3.50. The maximum absolute atomic E-state index is 4.40. The Balaban J connectivity index is 1.75. The van der Waals surface area contributed by atoms with Gasteiger partial charge >= 0.3 is 0 Å². The van der Waals surface area contributed by atoms with E-state index in [9.17, 15) is 0 Å². The number of hydrogen-bond donors (Lipinski definition) is 1. The average molecular weight is 256 g/mol. The molecule has 2 heterocycles. The molecule has 4 nitrogen and oxygen atoms in total. The molecule has 0 radical (unpaired) electrons. The van der Waals surface area contributed by atoms with Crippen molar-refractivity contribution in [2.24, 2.45) is 7.05 Å². The molecule has 4 heteroatoms. The van der Waals surface area contributed by atoms with Gasteiger partial charge in [-0.15, -0.1) is 0 Å². The van der Waals surface area contributed by atoms with Gasteiger partial charge in [-0.05, 0) is 18.6 Å². The van der Waals surface area contributed by atoms with Crippen LogP contribution in [0.15, 0.2) is 36.7 Å². The Bertz CT molecular complexity index is 547. The van der Waals surface area contributed by atoms with Crippen LogP contribution in [-0.2, 0) is 13.5 Å². The van der Waals surface area contributed by atoms with Crippen molar-refractivity contribution in [3.8, 4) is 0 Å². The fourth-order valence-electron chi connectivity index (χ4n) is 2.62. The number of aryl methyl sites for hydroxylation is 1. The maximum atomic E-state index is 4.40. The zero-order valence-electron chi connectivity index (χ0n) is 11.3. The summed E-state index contributed by atoms with van der Waals surface area (Å²) < 4.78 is 2.10. The molecule has 0 aliphatic carbocycles. The highest BCUT2D eigenvalue weighted by atomic mass is 15.2. The van der Waals surface area contributed by atoms with E-state index in [0.717, 1.165) is 31.9 Å². The van der Waals surface area contributed by atoms with Gasteiger partial charge in [-0.3, -0.25) is 0 Å². The van der Waals surface area contributed by atoms with E-state index in [2.05, 4.69) is 51.1 Å². The lowest BCUT2D eigenvalue weighted by Crippen LogP contribution is -2.27. The minimum Gasteiger partial charge on any atom is -0.383 e. The van der Waals surface area contributed by atoms with Crippen LogP contribution in [0, 0.1) is 0 Å². The van der Waals surface area contributed by atoms with Crippen LogP contribution in [0.25, 0.3) is 0 Å². The van der Waals surface area contributed by atoms with Gasteiger partial charge in [-0.2, -0.15) is 0 Å². The molecule has 1 aliphatic rings. The number of aromatic nitrogens is 2. The van der Waals surface area contributed by atoms with Crippen molar-refractivity contribution in [3.63, 3.8) is 0 Å². The number of nitrogens with zero attached hydrogens (tertiary/aromatic N) is 3. The molecule has 1 aromatic heterocycles. The van der Waals surface area contributed by atoms with Gasteiger partial charge in [0, 0.05) is 45.5 Å². The molecule has 0 bridgehead atoms. The summed E-state index contributed by atoms with van der Waals surface area (Å²) in [7, 11) is 2.06. The van der Waals surface area contributed by atoms with Crippen LogP contribution in [0.4, 0.5) is 11.4 Å². The molecule has 100 valence electrons. The molecule has 0 unspecified atom stereocenters. The van der Waals surface area contributed by atoms with Gasteiger partial charge in [0.1, 0.15) is 5.82 Å². The number of nitrogens with one attached hydrogen (secondary N) is 1. The van der Waals surface area contributed by atoms with Crippen molar-refractivity contribution < 1.29 is 0 Å². The van der Waals surface area contributed by atoms with Gasteiger partial charge in [-0.25, -0.2) is 4.98 Å². The Morgan fingerprint density at radius 2 is 2.21 bits per heavy atom. The molecule has 0 atom stereocenters. The summed E-state index contributed by atoms with van der Waals surface area (Å²) in [6, 6.07) is 8.56. The third kappa shape index (κ3) is 2.57. The largest absolute Gasteiger partial charge is 0.383 e. The molecule has 1 N–H and O–H groups in total. The van der Waals surface area contributed by atoms with Gasteiger partial charge in [0.2, 0.25) is 0 Å². The lowest BCUT2D eigenvalue weighted by Gasteiger charge is -2.24. The second-order valence-corrected chi connectivity index (χ2v) is 4.99. The minimum atomic E-state index is 0.984. The monoisotopic (exact) mass is 256 g/mol. The van der Waals surface area contributed by atoms with Crippen LogP contribution in [0.2, 0.25) is 0 Å². The molecule has 19 heavy (non-hydrogen) atoms. The number of rotatable bonds is 3. The molecule has 2 aromatic rings. The smallest absolute Gasteiger partial charge is 0.110 e. The highest BCUT2D eigenvalue weighted by Crippen LogP contribution is 2.27. The van der Waals surface area contributed by atoms with E-state index < -0.39 is 0 Å². The van der Waals surface area contributed by atoms with Crippen molar-refractivity contribution in [2.45, 2.75) is 12.8 Å². The van der Waals surface area contributed by atoms with Crippen LogP contribution in [-0.4, -0.2) is 29.2 Å². The lowest BCUT2D eigenvalue weighted by atomic mass is 10.2. The Labute approximate surface area is 114 Å².